The molecular formula is C12H18BrN. The van der Waals surface area contributed by atoms with Gasteiger partial charge < -0.3 is 5.73 Å². The van der Waals surface area contributed by atoms with Crippen LogP contribution in [0.1, 0.15) is 29.5 Å². The van der Waals surface area contributed by atoms with E-state index in [9.17, 15) is 0 Å². The maximum absolute atomic E-state index is 5.48. The SMILES string of the molecule is Cc1ccc(CCCCN)c(C)c1Br. The summed E-state index contributed by atoms with van der Waals surface area (Å²) in [5.41, 5.74) is 9.60. The summed E-state index contributed by atoms with van der Waals surface area (Å²) in [6.45, 7) is 5.10. The molecule has 2 heteroatoms. The standard InChI is InChI=1S/C12H18BrN/c1-9-6-7-11(5-3-4-8-14)10(2)12(9)13/h6-7H,3-5,8,14H2,1-2H3. The largest absolute Gasteiger partial charge is 0.330 e. The van der Waals surface area contributed by atoms with Crippen molar-refractivity contribution in [3.05, 3.63) is 33.3 Å². The smallest absolute Gasteiger partial charge is 0.0236 e. The van der Waals surface area contributed by atoms with Gasteiger partial charge in [-0.05, 0) is 56.3 Å². The fourth-order valence-electron chi connectivity index (χ4n) is 1.59. The predicted molar refractivity (Wildman–Crippen MR) is 65.6 cm³/mol. The highest BCUT2D eigenvalue weighted by atomic mass is 79.9. The Morgan fingerprint density at radius 1 is 1.21 bits per heavy atom. The number of halogens is 1. The molecule has 0 bridgehead atoms. The molecule has 0 fully saturated rings. The Labute approximate surface area is 94.8 Å². The van der Waals surface area contributed by atoms with Gasteiger partial charge in [0.1, 0.15) is 0 Å². The maximum Gasteiger partial charge on any atom is 0.0236 e. The normalized spacial score (nSPS) is 10.6. The summed E-state index contributed by atoms with van der Waals surface area (Å²) in [5.74, 6) is 0. The lowest BCUT2D eigenvalue weighted by molar-refractivity contribution is 0.742. The van der Waals surface area contributed by atoms with Gasteiger partial charge in [0.25, 0.3) is 0 Å². The fraction of sp³-hybridized carbons (Fsp3) is 0.500. The lowest BCUT2D eigenvalue weighted by Gasteiger charge is -2.09. The molecule has 1 nitrogen and oxygen atoms in total. The van der Waals surface area contributed by atoms with Crippen molar-refractivity contribution in [3.8, 4) is 0 Å². The van der Waals surface area contributed by atoms with E-state index in [2.05, 4.69) is 41.9 Å². The van der Waals surface area contributed by atoms with Crippen LogP contribution >= 0.6 is 15.9 Å². The monoisotopic (exact) mass is 255 g/mol. The number of nitrogens with two attached hydrogens (primary N) is 1. The van der Waals surface area contributed by atoms with Crippen molar-refractivity contribution in [3.63, 3.8) is 0 Å². The molecule has 2 N–H and O–H groups in total. The van der Waals surface area contributed by atoms with Crippen molar-refractivity contribution in [1.29, 1.82) is 0 Å². The summed E-state index contributed by atoms with van der Waals surface area (Å²) < 4.78 is 1.25. The van der Waals surface area contributed by atoms with Crippen LogP contribution < -0.4 is 5.73 Å². The third-order valence-electron chi connectivity index (χ3n) is 2.59. The Bertz CT molecular complexity index is 307. The molecule has 0 spiro atoms. The van der Waals surface area contributed by atoms with Crippen molar-refractivity contribution in [2.45, 2.75) is 33.1 Å². The van der Waals surface area contributed by atoms with E-state index in [0.717, 1.165) is 19.4 Å². The molecule has 78 valence electrons. The van der Waals surface area contributed by atoms with Crippen LogP contribution in [0.15, 0.2) is 16.6 Å². The molecule has 0 aliphatic carbocycles. The van der Waals surface area contributed by atoms with E-state index < -0.39 is 0 Å². The zero-order chi connectivity index (χ0) is 10.6. The van der Waals surface area contributed by atoms with Gasteiger partial charge in [-0.15, -0.1) is 0 Å². The second kappa shape index (κ2) is 5.52. The van der Waals surface area contributed by atoms with Crippen LogP contribution in [-0.4, -0.2) is 6.54 Å². The van der Waals surface area contributed by atoms with Crippen LogP contribution in [0, 0.1) is 13.8 Å². The summed E-state index contributed by atoms with van der Waals surface area (Å²) in [4.78, 5) is 0. The van der Waals surface area contributed by atoms with Crippen LogP contribution in [0.3, 0.4) is 0 Å². The zero-order valence-corrected chi connectivity index (χ0v) is 10.5. The molecule has 0 saturated carbocycles. The average Bonchev–Trinajstić information content (AvgIpc) is 2.18. The van der Waals surface area contributed by atoms with Crippen LogP contribution in [0.4, 0.5) is 0 Å². The van der Waals surface area contributed by atoms with Crippen LogP contribution in [0.2, 0.25) is 0 Å². The molecule has 0 saturated heterocycles. The minimum atomic E-state index is 0.798. The van der Waals surface area contributed by atoms with Gasteiger partial charge in [-0.25, -0.2) is 0 Å². The molecule has 0 aliphatic rings. The highest BCUT2D eigenvalue weighted by Gasteiger charge is 2.04. The van der Waals surface area contributed by atoms with Gasteiger partial charge in [0.2, 0.25) is 0 Å². The number of hydrogen-bond acceptors (Lipinski definition) is 1. The summed E-state index contributed by atoms with van der Waals surface area (Å²) in [6.07, 6.45) is 3.44. The summed E-state index contributed by atoms with van der Waals surface area (Å²) in [5, 5.41) is 0. The van der Waals surface area contributed by atoms with Crippen LogP contribution in [-0.2, 0) is 6.42 Å². The molecule has 14 heavy (non-hydrogen) atoms. The van der Waals surface area contributed by atoms with E-state index in [1.54, 1.807) is 0 Å². The summed E-state index contributed by atoms with van der Waals surface area (Å²) >= 11 is 3.61. The third-order valence-corrected chi connectivity index (χ3v) is 3.81. The minimum absolute atomic E-state index is 0.798. The Kier molecular flexibility index (Phi) is 4.63. The maximum atomic E-state index is 5.48. The molecule has 1 rings (SSSR count). The average molecular weight is 256 g/mol. The van der Waals surface area contributed by atoms with Gasteiger partial charge in [0.15, 0.2) is 0 Å². The highest BCUT2D eigenvalue weighted by Crippen LogP contribution is 2.24. The first-order valence-electron chi connectivity index (χ1n) is 5.11. The number of benzene rings is 1. The second-order valence-electron chi connectivity index (χ2n) is 3.73. The molecular weight excluding hydrogens is 238 g/mol. The van der Waals surface area contributed by atoms with E-state index in [1.807, 2.05) is 0 Å². The van der Waals surface area contributed by atoms with E-state index in [0.29, 0.717) is 0 Å². The fourth-order valence-corrected chi connectivity index (χ4v) is 1.98. The lowest BCUT2D eigenvalue weighted by atomic mass is 10.0. The van der Waals surface area contributed by atoms with Gasteiger partial charge in [0, 0.05) is 4.47 Å². The van der Waals surface area contributed by atoms with Crippen molar-refractivity contribution in [1.82, 2.24) is 0 Å². The lowest BCUT2D eigenvalue weighted by Crippen LogP contribution is -2.00. The first kappa shape index (κ1) is 11.7. The number of aryl methyl sites for hydroxylation is 2. The quantitative estimate of drug-likeness (QED) is 0.821. The summed E-state index contributed by atoms with van der Waals surface area (Å²) in [7, 11) is 0. The predicted octanol–water partition coefficient (Wildman–Crippen LogP) is 3.35. The van der Waals surface area contributed by atoms with Gasteiger partial charge >= 0.3 is 0 Å². The summed E-state index contributed by atoms with van der Waals surface area (Å²) in [6, 6.07) is 4.40. The first-order chi connectivity index (χ1) is 6.66. The number of rotatable bonds is 4. The number of unbranched alkanes of at least 4 members (excludes halogenated alkanes) is 1. The molecule has 1 aromatic rings. The first-order valence-corrected chi connectivity index (χ1v) is 5.90. The zero-order valence-electron chi connectivity index (χ0n) is 8.94. The minimum Gasteiger partial charge on any atom is -0.330 e. The number of hydrogen-bond donors (Lipinski definition) is 1. The molecule has 0 aromatic heterocycles. The van der Waals surface area contributed by atoms with Crippen molar-refractivity contribution < 1.29 is 0 Å². The Morgan fingerprint density at radius 2 is 1.93 bits per heavy atom. The molecule has 0 atom stereocenters. The van der Waals surface area contributed by atoms with Crippen LogP contribution in [0.25, 0.3) is 0 Å². The molecule has 0 radical (unpaired) electrons. The van der Waals surface area contributed by atoms with Gasteiger partial charge in [-0.3, -0.25) is 0 Å². The Hall–Kier alpha value is -0.340. The third kappa shape index (κ3) is 2.82. The molecule has 0 heterocycles. The molecule has 0 aliphatic heterocycles. The van der Waals surface area contributed by atoms with Crippen molar-refractivity contribution in [2.24, 2.45) is 5.73 Å². The molecule has 1 aromatic carbocycles. The van der Waals surface area contributed by atoms with Gasteiger partial charge in [0.05, 0.1) is 0 Å². The van der Waals surface area contributed by atoms with Gasteiger partial charge in [-0.2, -0.15) is 0 Å². The Balaban J connectivity index is 2.73. The van der Waals surface area contributed by atoms with Crippen molar-refractivity contribution >= 4 is 15.9 Å². The second-order valence-corrected chi connectivity index (χ2v) is 4.52. The topological polar surface area (TPSA) is 26.0 Å². The van der Waals surface area contributed by atoms with Crippen molar-refractivity contribution in [2.75, 3.05) is 6.54 Å². The van der Waals surface area contributed by atoms with E-state index in [-0.39, 0.29) is 0 Å². The van der Waals surface area contributed by atoms with E-state index >= 15 is 0 Å². The molecule has 0 unspecified atom stereocenters. The highest BCUT2D eigenvalue weighted by molar-refractivity contribution is 9.10. The van der Waals surface area contributed by atoms with Gasteiger partial charge in [-0.1, -0.05) is 28.1 Å². The molecule has 0 amide bonds. The Morgan fingerprint density at radius 3 is 2.57 bits per heavy atom. The van der Waals surface area contributed by atoms with E-state index in [4.69, 9.17) is 5.73 Å². The van der Waals surface area contributed by atoms with E-state index in [1.165, 1.54) is 27.6 Å². The van der Waals surface area contributed by atoms with Crippen LogP contribution in [0.5, 0.6) is 0 Å².